The maximum atomic E-state index is 13.0. The van der Waals surface area contributed by atoms with Gasteiger partial charge in [0.05, 0.1) is 17.7 Å². The third-order valence-corrected chi connectivity index (χ3v) is 8.31. The molecule has 1 aliphatic rings. The molecule has 4 rings (SSSR count). The van der Waals surface area contributed by atoms with Crippen LogP contribution in [0.4, 0.5) is 16.8 Å². The fraction of sp³-hybridized carbons (Fsp3) is 0.409. The standard InChI is InChI=1S/C22H28N6O3S2/c1-3-31-17-7-6-8-18(13-17)33(29,30)21-15-24-22(32-21)27-20-14-19(25-16(2)26-20)23-9-12-28-10-4-5-11-28/h6-8,13-15H,3-5,9-12H2,1-2H3,(H2,23,24,25,26,27). The van der Waals surface area contributed by atoms with Crippen molar-refractivity contribution < 1.29 is 13.2 Å². The normalized spacial score (nSPS) is 14.4. The van der Waals surface area contributed by atoms with Crippen LogP contribution in [0.15, 0.2) is 45.6 Å². The molecule has 0 bridgehead atoms. The topological polar surface area (TPSA) is 109 Å². The zero-order chi connectivity index (χ0) is 23.3. The fourth-order valence-corrected chi connectivity index (χ4v) is 6.11. The lowest BCUT2D eigenvalue weighted by Crippen LogP contribution is -2.26. The van der Waals surface area contributed by atoms with E-state index in [1.807, 2.05) is 13.8 Å². The SMILES string of the molecule is CCOc1cccc(S(=O)(=O)c2cnc(Nc3cc(NCCN4CCCC4)nc(C)n3)s2)c1. The monoisotopic (exact) mass is 488 g/mol. The van der Waals surface area contributed by atoms with E-state index in [2.05, 4.69) is 30.5 Å². The van der Waals surface area contributed by atoms with Crippen LogP contribution in [-0.4, -0.2) is 61.1 Å². The lowest BCUT2D eigenvalue weighted by molar-refractivity contribution is 0.339. The molecular weight excluding hydrogens is 460 g/mol. The van der Waals surface area contributed by atoms with Crippen LogP contribution in [0.2, 0.25) is 0 Å². The second-order valence-electron chi connectivity index (χ2n) is 7.68. The number of nitrogens with one attached hydrogen (secondary N) is 2. The summed E-state index contributed by atoms with van der Waals surface area (Å²) in [5, 5.41) is 6.90. The number of aromatic nitrogens is 3. The maximum absolute atomic E-state index is 13.0. The molecule has 2 N–H and O–H groups in total. The van der Waals surface area contributed by atoms with Gasteiger partial charge in [-0.25, -0.2) is 23.4 Å². The first-order valence-electron chi connectivity index (χ1n) is 11.0. The quantitative estimate of drug-likeness (QED) is 0.441. The Labute approximate surface area is 198 Å². The summed E-state index contributed by atoms with van der Waals surface area (Å²) in [6.07, 6.45) is 3.90. The number of aryl methyl sites for hydroxylation is 1. The molecule has 176 valence electrons. The van der Waals surface area contributed by atoms with E-state index < -0.39 is 9.84 Å². The van der Waals surface area contributed by atoms with E-state index >= 15 is 0 Å². The van der Waals surface area contributed by atoms with Gasteiger partial charge in [-0.1, -0.05) is 17.4 Å². The van der Waals surface area contributed by atoms with Gasteiger partial charge in [-0.2, -0.15) is 0 Å². The Morgan fingerprint density at radius 3 is 2.73 bits per heavy atom. The Kier molecular flexibility index (Phi) is 7.41. The summed E-state index contributed by atoms with van der Waals surface area (Å²) < 4.78 is 31.7. The number of hydrogen-bond donors (Lipinski definition) is 2. The number of hydrogen-bond acceptors (Lipinski definition) is 10. The molecule has 0 saturated carbocycles. The summed E-state index contributed by atoms with van der Waals surface area (Å²) in [4.78, 5) is 15.7. The molecule has 0 spiro atoms. The predicted octanol–water partition coefficient (Wildman–Crippen LogP) is 3.72. The molecule has 9 nitrogen and oxygen atoms in total. The molecule has 1 aromatic carbocycles. The number of ether oxygens (including phenoxy) is 1. The molecule has 1 aliphatic heterocycles. The van der Waals surface area contributed by atoms with Gasteiger partial charge >= 0.3 is 0 Å². The Morgan fingerprint density at radius 1 is 1.15 bits per heavy atom. The number of benzene rings is 1. The number of nitrogens with zero attached hydrogens (tertiary/aromatic N) is 4. The molecule has 33 heavy (non-hydrogen) atoms. The zero-order valence-electron chi connectivity index (χ0n) is 18.7. The molecule has 0 unspecified atom stereocenters. The highest BCUT2D eigenvalue weighted by atomic mass is 32.2. The van der Waals surface area contributed by atoms with Crippen molar-refractivity contribution in [1.29, 1.82) is 0 Å². The van der Waals surface area contributed by atoms with Crippen molar-refractivity contribution in [2.75, 3.05) is 43.4 Å². The average molecular weight is 489 g/mol. The first-order valence-corrected chi connectivity index (χ1v) is 13.3. The molecule has 1 saturated heterocycles. The second-order valence-corrected chi connectivity index (χ2v) is 10.9. The van der Waals surface area contributed by atoms with Gasteiger partial charge < -0.3 is 20.3 Å². The van der Waals surface area contributed by atoms with Gasteiger partial charge in [0.25, 0.3) is 0 Å². The third-order valence-electron chi connectivity index (χ3n) is 5.18. The van der Waals surface area contributed by atoms with Gasteiger partial charge in [0.15, 0.2) is 5.13 Å². The predicted molar refractivity (Wildman–Crippen MR) is 129 cm³/mol. The first-order chi connectivity index (χ1) is 15.9. The summed E-state index contributed by atoms with van der Waals surface area (Å²) in [7, 11) is -3.70. The van der Waals surface area contributed by atoms with E-state index in [4.69, 9.17) is 4.74 Å². The molecule has 3 aromatic rings. The largest absolute Gasteiger partial charge is 0.494 e. The highest BCUT2D eigenvalue weighted by molar-refractivity contribution is 7.93. The van der Waals surface area contributed by atoms with E-state index in [1.54, 1.807) is 24.3 Å². The number of rotatable bonds is 10. The van der Waals surface area contributed by atoms with Gasteiger partial charge in [0.2, 0.25) is 9.84 Å². The number of anilines is 3. The van der Waals surface area contributed by atoms with E-state index in [0.29, 0.717) is 29.1 Å². The van der Waals surface area contributed by atoms with Crippen molar-refractivity contribution in [3.05, 3.63) is 42.4 Å². The molecule has 0 aliphatic carbocycles. The summed E-state index contributed by atoms with van der Waals surface area (Å²) in [5.41, 5.74) is 0. The van der Waals surface area contributed by atoms with Crippen molar-refractivity contribution in [1.82, 2.24) is 19.9 Å². The summed E-state index contributed by atoms with van der Waals surface area (Å²) in [6, 6.07) is 8.28. The molecule has 2 aromatic heterocycles. The van der Waals surface area contributed by atoms with Gasteiger partial charge in [0.1, 0.15) is 27.4 Å². The van der Waals surface area contributed by atoms with E-state index in [0.717, 1.165) is 43.3 Å². The summed E-state index contributed by atoms with van der Waals surface area (Å²) >= 11 is 1.06. The van der Waals surface area contributed by atoms with Crippen LogP contribution in [-0.2, 0) is 9.84 Å². The van der Waals surface area contributed by atoms with Crippen molar-refractivity contribution in [2.45, 2.75) is 35.8 Å². The van der Waals surface area contributed by atoms with Crippen LogP contribution in [0, 0.1) is 6.92 Å². The minimum Gasteiger partial charge on any atom is -0.494 e. The Bertz CT molecular complexity index is 1190. The van der Waals surface area contributed by atoms with Crippen LogP contribution in [0.5, 0.6) is 5.75 Å². The third kappa shape index (κ3) is 5.98. The molecule has 0 atom stereocenters. The first kappa shape index (κ1) is 23.4. The Balaban J connectivity index is 1.44. The molecule has 0 radical (unpaired) electrons. The van der Waals surface area contributed by atoms with Crippen molar-refractivity contribution in [2.24, 2.45) is 0 Å². The Hall–Kier alpha value is -2.76. The number of likely N-dealkylation sites (tertiary alicyclic amines) is 1. The summed E-state index contributed by atoms with van der Waals surface area (Å²) in [5.74, 6) is 2.41. The van der Waals surface area contributed by atoms with E-state index in [1.165, 1.54) is 25.1 Å². The van der Waals surface area contributed by atoms with Crippen LogP contribution in [0.1, 0.15) is 25.6 Å². The lowest BCUT2D eigenvalue weighted by atomic mass is 10.3. The van der Waals surface area contributed by atoms with Crippen molar-refractivity contribution >= 4 is 37.9 Å². The van der Waals surface area contributed by atoms with Gasteiger partial charge in [-0.05, 0) is 58.0 Å². The number of thiazole rings is 1. The maximum Gasteiger partial charge on any atom is 0.217 e. The lowest BCUT2D eigenvalue weighted by Gasteiger charge is -2.15. The molecular formula is C22H28N6O3S2. The van der Waals surface area contributed by atoms with E-state index in [-0.39, 0.29) is 9.10 Å². The minimum atomic E-state index is -3.70. The zero-order valence-corrected chi connectivity index (χ0v) is 20.4. The van der Waals surface area contributed by atoms with Crippen molar-refractivity contribution in [3.8, 4) is 5.75 Å². The fourth-order valence-electron chi connectivity index (χ4n) is 3.64. The molecule has 1 fully saturated rings. The minimum absolute atomic E-state index is 0.147. The average Bonchev–Trinajstić information content (AvgIpc) is 3.46. The van der Waals surface area contributed by atoms with Crippen LogP contribution in [0.3, 0.4) is 0 Å². The van der Waals surface area contributed by atoms with Gasteiger partial charge in [-0.3, -0.25) is 0 Å². The smallest absolute Gasteiger partial charge is 0.217 e. The highest BCUT2D eigenvalue weighted by Gasteiger charge is 2.22. The molecule has 0 amide bonds. The van der Waals surface area contributed by atoms with Crippen LogP contribution >= 0.6 is 11.3 Å². The Morgan fingerprint density at radius 2 is 1.94 bits per heavy atom. The van der Waals surface area contributed by atoms with Gasteiger partial charge in [-0.15, -0.1) is 0 Å². The van der Waals surface area contributed by atoms with Crippen LogP contribution < -0.4 is 15.4 Å². The highest BCUT2D eigenvalue weighted by Crippen LogP contribution is 2.31. The summed E-state index contributed by atoms with van der Waals surface area (Å²) in [6.45, 7) is 8.22. The van der Waals surface area contributed by atoms with Crippen molar-refractivity contribution in [3.63, 3.8) is 0 Å². The second kappa shape index (κ2) is 10.4. The van der Waals surface area contributed by atoms with Crippen LogP contribution in [0.25, 0.3) is 0 Å². The number of sulfone groups is 1. The molecule has 11 heteroatoms. The molecule has 3 heterocycles. The van der Waals surface area contributed by atoms with Gasteiger partial charge in [0, 0.05) is 19.2 Å². The van der Waals surface area contributed by atoms with E-state index in [9.17, 15) is 8.42 Å².